The lowest BCUT2D eigenvalue weighted by atomic mass is 9.91. The highest BCUT2D eigenvalue weighted by molar-refractivity contribution is 6.00. The van der Waals surface area contributed by atoms with Crippen LogP contribution in [0, 0.1) is 5.92 Å². The molecule has 0 aliphatic carbocycles. The Balaban J connectivity index is 3.22. The van der Waals surface area contributed by atoms with E-state index in [9.17, 15) is 31.4 Å². The van der Waals surface area contributed by atoms with Gasteiger partial charge in [0.1, 0.15) is 6.61 Å². The lowest BCUT2D eigenvalue weighted by molar-refractivity contribution is -0.376. The number of halogens is 6. The minimum atomic E-state index is -5.91. The van der Waals surface area contributed by atoms with E-state index in [2.05, 4.69) is 5.16 Å². The Morgan fingerprint density at radius 3 is 1.92 bits per heavy atom. The number of rotatable bonds is 7. The molecule has 1 aromatic rings. The highest BCUT2D eigenvalue weighted by Gasteiger charge is 2.71. The lowest BCUT2D eigenvalue weighted by Crippen LogP contribution is -2.53. The van der Waals surface area contributed by atoms with Crippen molar-refractivity contribution in [2.75, 3.05) is 6.61 Å². The zero-order valence-corrected chi connectivity index (χ0v) is 14.6. The second-order valence-electron chi connectivity index (χ2n) is 6.26. The molecule has 1 rings (SSSR count). The van der Waals surface area contributed by atoms with Crippen LogP contribution in [-0.4, -0.2) is 29.8 Å². The molecule has 1 aromatic carbocycles. The summed E-state index contributed by atoms with van der Waals surface area (Å²) in [6.45, 7) is 5.98. The number of aliphatic hydroxyl groups is 1. The molecular weight excluding hydrogens is 364 g/mol. The third-order valence-corrected chi connectivity index (χ3v) is 3.53. The first-order valence-electron chi connectivity index (χ1n) is 8.00. The zero-order valence-electron chi connectivity index (χ0n) is 14.6. The van der Waals surface area contributed by atoms with Crippen LogP contribution in [0.2, 0.25) is 0 Å². The van der Waals surface area contributed by atoms with Crippen molar-refractivity contribution in [1.29, 1.82) is 0 Å². The Bertz CT molecular complexity index is 591. The van der Waals surface area contributed by atoms with Gasteiger partial charge in [0.15, 0.2) is 0 Å². The SMILES string of the molecule is CCC/C(=N/OCC(C)C)c1ccc(C(O)(C(F)(F)F)C(F)(F)F)cc1. The summed E-state index contributed by atoms with van der Waals surface area (Å²) in [6.07, 6.45) is -10.7. The molecule has 0 aromatic heterocycles. The number of hydrogen-bond acceptors (Lipinski definition) is 3. The van der Waals surface area contributed by atoms with Crippen molar-refractivity contribution >= 4 is 5.71 Å². The number of oxime groups is 1. The largest absolute Gasteiger partial charge is 0.430 e. The van der Waals surface area contributed by atoms with E-state index < -0.39 is 23.5 Å². The standard InChI is InChI=1S/C17H21F6NO2/c1-4-5-14(24-26-10-11(2)3)12-6-8-13(9-7-12)15(25,16(18,19)20)17(21,22)23/h6-9,11,25H,4-5,10H2,1-3H3/b24-14-. The fraction of sp³-hybridized carbons (Fsp3) is 0.588. The maximum atomic E-state index is 12.9. The van der Waals surface area contributed by atoms with Crippen LogP contribution in [-0.2, 0) is 10.4 Å². The molecule has 0 bridgehead atoms. The number of alkyl halides is 6. The summed E-state index contributed by atoms with van der Waals surface area (Å²) in [4.78, 5) is 5.15. The Labute approximate surface area is 147 Å². The van der Waals surface area contributed by atoms with Gasteiger partial charge in [0.2, 0.25) is 0 Å². The van der Waals surface area contributed by atoms with Gasteiger partial charge in [-0.1, -0.05) is 56.6 Å². The van der Waals surface area contributed by atoms with Crippen molar-refractivity contribution in [3.63, 3.8) is 0 Å². The topological polar surface area (TPSA) is 41.8 Å². The molecule has 0 saturated heterocycles. The number of benzene rings is 1. The Kier molecular flexibility index (Phi) is 7.09. The molecule has 9 heteroatoms. The average Bonchev–Trinajstić information content (AvgIpc) is 2.51. The smallest absolute Gasteiger partial charge is 0.395 e. The molecule has 0 unspecified atom stereocenters. The van der Waals surface area contributed by atoms with Crippen molar-refractivity contribution in [3.05, 3.63) is 35.4 Å². The fourth-order valence-corrected chi connectivity index (χ4v) is 2.14. The van der Waals surface area contributed by atoms with Gasteiger partial charge in [0.25, 0.3) is 5.60 Å². The molecule has 0 atom stereocenters. The van der Waals surface area contributed by atoms with Crippen LogP contribution in [0.3, 0.4) is 0 Å². The summed E-state index contributed by atoms with van der Waals surface area (Å²) in [6, 6.07) is 3.32. The zero-order chi connectivity index (χ0) is 20.2. The van der Waals surface area contributed by atoms with Crippen LogP contribution in [0.15, 0.2) is 29.4 Å². The van der Waals surface area contributed by atoms with Gasteiger partial charge < -0.3 is 9.94 Å². The first-order valence-corrected chi connectivity index (χ1v) is 8.00. The molecule has 0 heterocycles. The third kappa shape index (κ3) is 4.90. The van der Waals surface area contributed by atoms with Crippen molar-refractivity contribution in [2.45, 2.75) is 51.6 Å². The van der Waals surface area contributed by atoms with Gasteiger partial charge >= 0.3 is 12.4 Å². The molecule has 148 valence electrons. The quantitative estimate of drug-likeness (QED) is 0.399. The molecule has 0 amide bonds. The van der Waals surface area contributed by atoms with Gasteiger partial charge in [0, 0.05) is 5.56 Å². The Morgan fingerprint density at radius 2 is 1.54 bits per heavy atom. The fourth-order valence-electron chi connectivity index (χ4n) is 2.14. The van der Waals surface area contributed by atoms with Crippen LogP contribution < -0.4 is 0 Å². The van der Waals surface area contributed by atoms with Crippen molar-refractivity contribution in [3.8, 4) is 0 Å². The van der Waals surface area contributed by atoms with E-state index in [-0.39, 0.29) is 5.92 Å². The average molecular weight is 385 g/mol. The van der Waals surface area contributed by atoms with Gasteiger partial charge in [-0.25, -0.2) is 0 Å². The predicted molar refractivity (Wildman–Crippen MR) is 84.7 cm³/mol. The molecule has 0 fully saturated rings. The molecule has 0 radical (unpaired) electrons. The Hall–Kier alpha value is -1.77. The summed E-state index contributed by atoms with van der Waals surface area (Å²) in [7, 11) is 0. The van der Waals surface area contributed by atoms with Crippen molar-refractivity contribution < 1.29 is 36.3 Å². The highest BCUT2D eigenvalue weighted by Crippen LogP contribution is 2.49. The number of hydrogen-bond donors (Lipinski definition) is 1. The van der Waals surface area contributed by atoms with E-state index in [1.54, 1.807) is 0 Å². The van der Waals surface area contributed by atoms with Gasteiger partial charge in [0.05, 0.1) is 5.71 Å². The van der Waals surface area contributed by atoms with Crippen LogP contribution >= 0.6 is 0 Å². The lowest BCUT2D eigenvalue weighted by Gasteiger charge is -2.32. The van der Waals surface area contributed by atoms with E-state index in [0.29, 0.717) is 42.9 Å². The minimum Gasteiger partial charge on any atom is -0.395 e. The molecule has 0 aliphatic heterocycles. The maximum Gasteiger partial charge on any atom is 0.430 e. The van der Waals surface area contributed by atoms with Crippen molar-refractivity contribution in [2.24, 2.45) is 11.1 Å². The van der Waals surface area contributed by atoms with Gasteiger partial charge in [-0.05, 0) is 17.9 Å². The number of nitrogens with zero attached hydrogens (tertiary/aromatic N) is 1. The van der Waals surface area contributed by atoms with Crippen LogP contribution in [0.1, 0.15) is 44.7 Å². The normalized spacial score (nSPS) is 14.0. The molecule has 1 N–H and O–H groups in total. The Morgan fingerprint density at radius 1 is 1.04 bits per heavy atom. The summed E-state index contributed by atoms with van der Waals surface area (Å²) >= 11 is 0. The van der Waals surface area contributed by atoms with E-state index >= 15 is 0 Å². The molecule has 0 aliphatic rings. The second-order valence-corrected chi connectivity index (χ2v) is 6.26. The maximum absolute atomic E-state index is 12.9. The van der Waals surface area contributed by atoms with E-state index in [0.717, 1.165) is 12.1 Å². The second kappa shape index (κ2) is 8.28. The minimum absolute atomic E-state index is 0.206. The van der Waals surface area contributed by atoms with E-state index in [1.807, 2.05) is 20.8 Å². The molecule has 3 nitrogen and oxygen atoms in total. The monoisotopic (exact) mass is 385 g/mol. The third-order valence-electron chi connectivity index (χ3n) is 3.53. The van der Waals surface area contributed by atoms with Gasteiger partial charge in [-0.3, -0.25) is 0 Å². The summed E-state index contributed by atoms with van der Waals surface area (Å²) < 4.78 is 77.4. The summed E-state index contributed by atoms with van der Waals surface area (Å²) in [5.41, 5.74) is -5.51. The predicted octanol–water partition coefficient (Wildman–Crippen LogP) is 5.18. The first kappa shape index (κ1) is 22.3. The first-order chi connectivity index (χ1) is 11.8. The van der Waals surface area contributed by atoms with Crippen LogP contribution in [0.25, 0.3) is 0 Å². The van der Waals surface area contributed by atoms with E-state index in [4.69, 9.17) is 4.84 Å². The molecular formula is C17H21F6NO2. The van der Waals surface area contributed by atoms with Gasteiger partial charge in [-0.15, -0.1) is 0 Å². The summed E-state index contributed by atoms with van der Waals surface area (Å²) in [5.74, 6) is 0.206. The molecule has 0 saturated carbocycles. The van der Waals surface area contributed by atoms with Gasteiger partial charge in [-0.2, -0.15) is 26.3 Å². The summed E-state index contributed by atoms with van der Waals surface area (Å²) in [5, 5.41) is 13.3. The van der Waals surface area contributed by atoms with Crippen LogP contribution in [0.5, 0.6) is 0 Å². The van der Waals surface area contributed by atoms with Crippen molar-refractivity contribution in [1.82, 2.24) is 0 Å². The van der Waals surface area contributed by atoms with E-state index in [1.165, 1.54) is 0 Å². The highest BCUT2D eigenvalue weighted by atomic mass is 19.4. The molecule has 26 heavy (non-hydrogen) atoms. The molecule has 0 spiro atoms. The van der Waals surface area contributed by atoms with Crippen LogP contribution in [0.4, 0.5) is 26.3 Å².